The minimum absolute atomic E-state index is 0.131. The van der Waals surface area contributed by atoms with Gasteiger partial charge in [-0.2, -0.15) is 0 Å². The monoisotopic (exact) mass is 369 g/mol. The van der Waals surface area contributed by atoms with Crippen LogP contribution in [0.1, 0.15) is 34.9 Å². The van der Waals surface area contributed by atoms with Crippen LogP contribution in [0.2, 0.25) is 0 Å². The summed E-state index contributed by atoms with van der Waals surface area (Å²) in [5.41, 5.74) is 2.91. The van der Waals surface area contributed by atoms with Crippen molar-refractivity contribution in [3.05, 3.63) is 51.9 Å². The zero-order valence-corrected chi connectivity index (χ0v) is 14.8. The Balaban J connectivity index is 1.56. The van der Waals surface area contributed by atoms with Crippen LogP contribution in [0.25, 0.3) is 11.0 Å². The topological polar surface area (TPSA) is 117 Å². The van der Waals surface area contributed by atoms with Gasteiger partial charge in [-0.25, -0.2) is 4.98 Å². The Hall–Kier alpha value is -3.20. The molecule has 1 aliphatic rings. The van der Waals surface area contributed by atoms with Gasteiger partial charge in [-0.15, -0.1) is 0 Å². The standard InChI is InChI=1S/C18H19N5O4/c1-22-8-6-11(7-9-22)12-10-19-13-2-4-15(20-17(12)13)21-18(24)14-3-5-16(27-14)23(25)26/h2-5,10-11,19H,6-9H2,1H3,(H,20,21,24). The quantitative estimate of drug-likeness (QED) is 0.539. The number of aromatic nitrogens is 2. The third kappa shape index (κ3) is 3.41. The van der Waals surface area contributed by atoms with Crippen molar-refractivity contribution >= 4 is 28.6 Å². The summed E-state index contributed by atoms with van der Waals surface area (Å²) in [6, 6.07) is 5.97. The Morgan fingerprint density at radius 3 is 2.81 bits per heavy atom. The molecule has 1 amide bonds. The summed E-state index contributed by atoms with van der Waals surface area (Å²) in [5.74, 6) is -0.375. The van der Waals surface area contributed by atoms with Gasteiger partial charge in [0.05, 0.1) is 17.1 Å². The largest absolute Gasteiger partial charge is 0.433 e. The normalized spacial score (nSPS) is 15.9. The van der Waals surface area contributed by atoms with Gasteiger partial charge >= 0.3 is 5.88 Å². The molecule has 9 heteroatoms. The molecule has 1 fully saturated rings. The number of hydrogen-bond donors (Lipinski definition) is 2. The molecule has 3 aromatic heterocycles. The van der Waals surface area contributed by atoms with Gasteiger partial charge in [0, 0.05) is 6.20 Å². The molecule has 1 saturated heterocycles. The predicted molar refractivity (Wildman–Crippen MR) is 98.9 cm³/mol. The summed E-state index contributed by atoms with van der Waals surface area (Å²) in [6.07, 6.45) is 4.13. The zero-order chi connectivity index (χ0) is 19.0. The minimum Gasteiger partial charge on any atom is -0.395 e. The molecule has 4 rings (SSSR count). The first kappa shape index (κ1) is 17.2. The maximum Gasteiger partial charge on any atom is 0.433 e. The van der Waals surface area contributed by atoms with E-state index in [0.29, 0.717) is 11.7 Å². The van der Waals surface area contributed by atoms with Crippen molar-refractivity contribution in [2.24, 2.45) is 0 Å². The summed E-state index contributed by atoms with van der Waals surface area (Å²) in [5, 5.41) is 13.3. The highest BCUT2D eigenvalue weighted by molar-refractivity contribution is 6.02. The summed E-state index contributed by atoms with van der Waals surface area (Å²) in [4.78, 5) is 32.4. The molecule has 0 atom stereocenters. The van der Waals surface area contributed by atoms with Crippen molar-refractivity contribution < 1.29 is 14.1 Å². The number of amides is 1. The van der Waals surface area contributed by atoms with E-state index in [4.69, 9.17) is 4.42 Å². The van der Waals surface area contributed by atoms with Crippen molar-refractivity contribution in [3.8, 4) is 0 Å². The van der Waals surface area contributed by atoms with Gasteiger partial charge in [-0.05, 0) is 62.7 Å². The molecule has 0 radical (unpaired) electrons. The Kier molecular flexibility index (Phi) is 4.36. The molecule has 0 saturated carbocycles. The average Bonchev–Trinajstić information content (AvgIpc) is 3.29. The summed E-state index contributed by atoms with van der Waals surface area (Å²) < 4.78 is 4.93. The smallest absolute Gasteiger partial charge is 0.395 e. The lowest BCUT2D eigenvalue weighted by molar-refractivity contribution is -0.402. The maximum absolute atomic E-state index is 12.3. The van der Waals surface area contributed by atoms with Gasteiger partial charge in [-0.1, -0.05) is 0 Å². The fraction of sp³-hybridized carbons (Fsp3) is 0.333. The van der Waals surface area contributed by atoms with E-state index in [-0.39, 0.29) is 5.76 Å². The van der Waals surface area contributed by atoms with Crippen molar-refractivity contribution in [1.82, 2.24) is 14.9 Å². The number of furan rings is 1. The first-order valence-electron chi connectivity index (χ1n) is 8.73. The predicted octanol–water partition coefficient (Wildman–Crippen LogP) is 3.13. The third-order valence-corrected chi connectivity index (χ3v) is 4.95. The number of nitrogens with zero attached hydrogens (tertiary/aromatic N) is 3. The Morgan fingerprint density at radius 1 is 1.33 bits per heavy atom. The van der Waals surface area contributed by atoms with Crippen molar-refractivity contribution in [2.45, 2.75) is 18.8 Å². The minimum atomic E-state index is -0.686. The number of nitrogens with one attached hydrogen (secondary N) is 2. The Morgan fingerprint density at radius 2 is 2.11 bits per heavy atom. The number of nitro groups is 1. The molecule has 9 nitrogen and oxygen atoms in total. The van der Waals surface area contributed by atoms with Crippen LogP contribution in [0.15, 0.2) is 34.9 Å². The molecular weight excluding hydrogens is 350 g/mol. The molecule has 0 spiro atoms. The molecule has 1 aliphatic heterocycles. The summed E-state index contributed by atoms with van der Waals surface area (Å²) in [6.45, 7) is 2.09. The second-order valence-corrected chi connectivity index (χ2v) is 6.76. The summed E-state index contributed by atoms with van der Waals surface area (Å²) in [7, 11) is 2.12. The lowest BCUT2D eigenvalue weighted by Gasteiger charge is -2.28. The summed E-state index contributed by atoms with van der Waals surface area (Å²) >= 11 is 0. The van der Waals surface area contributed by atoms with E-state index in [1.165, 1.54) is 6.07 Å². The number of carbonyl (C=O) groups excluding carboxylic acids is 1. The van der Waals surface area contributed by atoms with Crippen LogP contribution in [0, 0.1) is 10.1 Å². The Bertz CT molecular complexity index is 1000. The maximum atomic E-state index is 12.3. The third-order valence-electron chi connectivity index (χ3n) is 4.95. The van der Waals surface area contributed by atoms with Gasteiger partial charge in [0.25, 0.3) is 5.91 Å². The van der Waals surface area contributed by atoms with Gasteiger partial charge in [0.15, 0.2) is 5.76 Å². The van der Waals surface area contributed by atoms with Crippen molar-refractivity contribution in [3.63, 3.8) is 0 Å². The van der Waals surface area contributed by atoms with E-state index in [2.05, 4.69) is 27.2 Å². The molecule has 140 valence electrons. The van der Waals surface area contributed by atoms with Crippen LogP contribution in [0.4, 0.5) is 11.7 Å². The molecule has 27 heavy (non-hydrogen) atoms. The number of carbonyl (C=O) groups is 1. The fourth-order valence-corrected chi connectivity index (χ4v) is 3.45. The van der Waals surface area contributed by atoms with Gasteiger partial charge < -0.3 is 19.6 Å². The zero-order valence-electron chi connectivity index (χ0n) is 14.8. The first-order valence-corrected chi connectivity index (χ1v) is 8.73. The van der Waals surface area contributed by atoms with E-state index in [1.54, 1.807) is 6.07 Å². The van der Waals surface area contributed by atoms with E-state index in [0.717, 1.165) is 48.6 Å². The second kappa shape index (κ2) is 6.84. The lowest BCUT2D eigenvalue weighted by Crippen LogP contribution is -2.29. The number of anilines is 1. The number of aromatic amines is 1. The molecule has 2 N–H and O–H groups in total. The van der Waals surface area contributed by atoms with Crippen LogP contribution in [-0.4, -0.2) is 45.8 Å². The molecule has 0 unspecified atom stereocenters. The van der Waals surface area contributed by atoms with E-state index in [1.807, 2.05) is 12.3 Å². The SMILES string of the molecule is CN1CCC(c2c[nH]c3ccc(NC(=O)c4ccc([N+](=O)[O-])o4)nc23)CC1. The van der Waals surface area contributed by atoms with Crippen LogP contribution < -0.4 is 5.32 Å². The number of fused-ring (bicyclic) bond motifs is 1. The van der Waals surface area contributed by atoms with Crippen LogP contribution in [0.3, 0.4) is 0 Å². The molecule has 4 heterocycles. The highest BCUT2D eigenvalue weighted by Gasteiger charge is 2.22. The number of rotatable bonds is 4. The first-order chi connectivity index (χ1) is 13.0. The second-order valence-electron chi connectivity index (χ2n) is 6.76. The number of pyridine rings is 1. The molecule has 0 aliphatic carbocycles. The molecule has 0 bridgehead atoms. The lowest BCUT2D eigenvalue weighted by atomic mass is 9.91. The van der Waals surface area contributed by atoms with Gasteiger partial charge in [0.2, 0.25) is 0 Å². The number of likely N-dealkylation sites (tertiary alicyclic amines) is 1. The van der Waals surface area contributed by atoms with Crippen molar-refractivity contribution in [2.75, 3.05) is 25.5 Å². The number of H-pyrrole nitrogens is 1. The highest BCUT2D eigenvalue weighted by atomic mass is 16.6. The van der Waals surface area contributed by atoms with E-state index in [9.17, 15) is 14.9 Å². The van der Waals surface area contributed by atoms with Crippen LogP contribution in [-0.2, 0) is 0 Å². The average molecular weight is 369 g/mol. The Labute approximate surface area is 154 Å². The fourth-order valence-electron chi connectivity index (χ4n) is 3.45. The van der Waals surface area contributed by atoms with Crippen molar-refractivity contribution in [1.29, 1.82) is 0 Å². The molecule has 3 aromatic rings. The van der Waals surface area contributed by atoms with Crippen LogP contribution in [0.5, 0.6) is 0 Å². The number of piperidine rings is 1. The molecular formula is C18H19N5O4. The molecule has 0 aromatic carbocycles. The van der Waals surface area contributed by atoms with E-state index >= 15 is 0 Å². The highest BCUT2D eigenvalue weighted by Crippen LogP contribution is 2.32. The van der Waals surface area contributed by atoms with Gasteiger partial charge in [0.1, 0.15) is 10.7 Å². The number of hydrogen-bond acceptors (Lipinski definition) is 6. The van der Waals surface area contributed by atoms with Gasteiger partial charge in [-0.3, -0.25) is 14.9 Å². The van der Waals surface area contributed by atoms with E-state index < -0.39 is 16.7 Å². The van der Waals surface area contributed by atoms with Crippen LogP contribution >= 0.6 is 0 Å².